The Hall–Kier alpha value is -0.830. The first-order valence-electron chi connectivity index (χ1n) is 3.59. The van der Waals surface area contributed by atoms with Gasteiger partial charge in [0.25, 0.3) is 0 Å². The van der Waals surface area contributed by atoms with Gasteiger partial charge in [-0.3, -0.25) is 0 Å². The van der Waals surface area contributed by atoms with Crippen LogP contribution in [0.25, 0.3) is 0 Å². The van der Waals surface area contributed by atoms with Gasteiger partial charge in [0.15, 0.2) is 0 Å². The van der Waals surface area contributed by atoms with Gasteiger partial charge in [-0.05, 0) is 18.4 Å². The Morgan fingerprint density at radius 1 is 1.64 bits per heavy atom. The Morgan fingerprint density at radius 2 is 2.55 bits per heavy atom. The van der Waals surface area contributed by atoms with E-state index in [4.69, 9.17) is 4.74 Å². The lowest BCUT2D eigenvalue weighted by atomic mass is 10.3. The Morgan fingerprint density at radius 3 is 3.09 bits per heavy atom. The summed E-state index contributed by atoms with van der Waals surface area (Å²) in [6, 6.07) is 2.06. The van der Waals surface area contributed by atoms with Crippen LogP contribution in [0.3, 0.4) is 0 Å². The number of aryl methyl sites for hydroxylation is 1. The van der Waals surface area contributed by atoms with E-state index in [0.29, 0.717) is 0 Å². The first kappa shape index (κ1) is 6.85. The summed E-state index contributed by atoms with van der Waals surface area (Å²) in [7, 11) is 0. The lowest BCUT2D eigenvalue weighted by Gasteiger charge is -1.98. The van der Waals surface area contributed by atoms with E-state index in [1.807, 2.05) is 0 Å². The van der Waals surface area contributed by atoms with E-state index in [1.54, 1.807) is 11.3 Å². The van der Waals surface area contributed by atoms with Crippen molar-refractivity contribution >= 4 is 17.2 Å². The average molecular weight is 167 g/mol. The minimum absolute atomic E-state index is 0.741. The molecular weight excluding hydrogens is 158 g/mol. The molecule has 0 unspecified atom stereocenters. The molecule has 0 saturated heterocycles. The molecule has 2 heterocycles. The molecule has 2 nitrogen and oxygen atoms in total. The van der Waals surface area contributed by atoms with Crippen LogP contribution in [-0.4, -0.2) is 19.0 Å². The van der Waals surface area contributed by atoms with Crippen LogP contribution in [0.2, 0.25) is 0 Å². The van der Waals surface area contributed by atoms with Crippen molar-refractivity contribution in [2.45, 2.75) is 6.92 Å². The highest BCUT2D eigenvalue weighted by Crippen LogP contribution is 2.17. The molecule has 0 spiro atoms. The van der Waals surface area contributed by atoms with Crippen LogP contribution in [0.1, 0.15) is 10.4 Å². The molecule has 58 valence electrons. The van der Waals surface area contributed by atoms with Crippen LogP contribution in [0, 0.1) is 6.92 Å². The van der Waals surface area contributed by atoms with Gasteiger partial charge in [0.05, 0.1) is 6.54 Å². The van der Waals surface area contributed by atoms with E-state index in [2.05, 4.69) is 23.4 Å². The molecule has 0 amide bonds. The van der Waals surface area contributed by atoms with Crippen LogP contribution in [0.15, 0.2) is 16.4 Å². The molecule has 1 aromatic rings. The van der Waals surface area contributed by atoms with Crippen molar-refractivity contribution in [3.63, 3.8) is 0 Å². The first-order chi connectivity index (χ1) is 5.38. The van der Waals surface area contributed by atoms with Crippen molar-refractivity contribution in [2.75, 3.05) is 13.2 Å². The van der Waals surface area contributed by atoms with Crippen molar-refractivity contribution in [1.82, 2.24) is 0 Å². The molecule has 1 aliphatic heterocycles. The van der Waals surface area contributed by atoms with E-state index in [-0.39, 0.29) is 0 Å². The van der Waals surface area contributed by atoms with E-state index < -0.39 is 0 Å². The van der Waals surface area contributed by atoms with Crippen LogP contribution < -0.4 is 0 Å². The van der Waals surface area contributed by atoms with Crippen molar-refractivity contribution < 1.29 is 4.74 Å². The Bertz CT molecular complexity index is 290. The van der Waals surface area contributed by atoms with Crippen molar-refractivity contribution in [2.24, 2.45) is 4.99 Å². The maximum atomic E-state index is 5.33. The molecule has 11 heavy (non-hydrogen) atoms. The van der Waals surface area contributed by atoms with Gasteiger partial charge in [0, 0.05) is 10.4 Å². The van der Waals surface area contributed by atoms with E-state index in [1.165, 1.54) is 4.88 Å². The number of hydrogen-bond donors (Lipinski definition) is 0. The third kappa shape index (κ3) is 1.16. The SMILES string of the molecule is Cc1sccc1C1=NCCO1. The molecule has 0 atom stereocenters. The first-order valence-corrected chi connectivity index (χ1v) is 4.47. The van der Waals surface area contributed by atoms with Gasteiger partial charge < -0.3 is 4.74 Å². The van der Waals surface area contributed by atoms with Gasteiger partial charge in [0.1, 0.15) is 6.61 Å². The molecule has 1 aliphatic rings. The Balaban J connectivity index is 2.35. The predicted molar refractivity (Wildman–Crippen MR) is 46.4 cm³/mol. The molecule has 1 aromatic heterocycles. The summed E-state index contributed by atoms with van der Waals surface area (Å²) in [5.41, 5.74) is 1.16. The second kappa shape index (κ2) is 2.66. The monoisotopic (exact) mass is 167 g/mol. The highest BCUT2D eigenvalue weighted by molar-refractivity contribution is 7.10. The Kier molecular flexibility index (Phi) is 1.66. The zero-order valence-corrected chi connectivity index (χ0v) is 7.15. The molecule has 0 aromatic carbocycles. The minimum Gasteiger partial charge on any atom is -0.475 e. The van der Waals surface area contributed by atoms with Crippen molar-refractivity contribution in [3.8, 4) is 0 Å². The van der Waals surface area contributed by atoms with Crippen LogP contribution in [0.5, 0.6) is 0 Å². The smallest absolute Gasteiger partial charge is 0.217 e. The largest absolute Gasteiger partial charge is 0.475 e. The van der Waals surface area contributed by atoms with Crippen molar-refractivity contribution in [3.05, 3.63) is 21.9 Å². The van der Waals surface area contributed by atoms with Crippen LogP contribution in [-0.2, 0) is 4.74 Å². The van der Waals surface area contributed by atoms with Gasteiger partial charge in [-0.15, -0.1) is 11.3 Å². The topological polar surface area (TPSA) is 21.6 Å². The average Bonchev–Trinajstić information content (AvgIpc) is 2.55. The maximum absolute atomic E-state index is 5.33. The third-order valence-corrected chi connectivity index (χ3v) is 2.52. The Labute approximate surface area is 69.5 Å². The predicted octanol–water partition coefficient (Wildman–Crippen LogP) is 1.83. The van der Waals surface area contributed by atoms with E-state index >= 15 is 0 Å². The lowest BCUT2D eigenvalue weighted by molar-refractivity contribution is 0.348. The van der Waals surface area contributed by atoms with Gasteiger partial charge in [0.2, 0.25) is 5.90 Å². The summed E-state index contributed by atoms with van der Waals surface area (Å²) in [6.45, 7) is 3.64. The highest BCUT2D eigenvalue weighted by Gasteiger charge is 2.12. The maximum Gasteiger partial charge on any atom is 0.217 e. The normalized spacial score (nSPS) is 16.3. The van der Waals surface area contributed by atoms with Gasteiger partial charge in [-0.2, -0.15) is 0 Å². The number of aliphatic imine (C=N–C) groups is 1. The number of nitrogens with zero attached hydrogens (tertiary/aromatic N) is 1. The van der Waals surface area contributed by atoms with Gasteiger partial charge in [-0.25, -0.2) is 4.99 Å². The number of thiophene rings is 1. The summed E-state index contributed by atoms with van der Waals surface area (Å²) in [5, 5.41) is 2.06. The molecule has 0 N–H and O–H groups in total. The molecule has 2 rings (SSSR count). The van der Waals surface area contributed by atoms with Gasteiger partial charge >= 0.3 is 0 Å². The van der Waals surface area contributed by atoms with E-state index in [9.17, 15) is 0 Å². The zero-order valence-electron chi connectivity index (χ0n) is 6.33. The summed E-state index contributed by atoms with van der Waals surface area (Å²) in [6.07, 6.45) is 0. The fourth-order valence-electron chi connectivity index (χ4n) is 1.10. The fourth-order valence-corrected chi connectivity index (χ4v) is 1.80. The van der Waals surface area contributed by atoms with Gasteiger partial charge in [-0.1, -0.05) is 0 Å². The standard InChI is InChI=1S/C8H9NOS/c1-6-7(2-5-11-6)8-9-3-4-10-8/h2,5H,3-4H2,1H3. The quantitative estimate of drug-likeness (QED) is 0.625. The number of ether oxygens (including phenoxy) is 1. The summed E-state index contributed by atoms with van der Waals surface area (Å²) >= 11 is 1.73. The van der Waals surface area contributed by atoms with E-state index in [0.717, 1.165) is 24.6 Å². The highest BCUT2D eigenvalue weighted by atomic mass is 32.1. The molecule has 3 heteroatoms. The van der Waals surface area contributed by atoms with Crippen LogP contribution >= 0.6 is 11.3 Å². The van der Waals surface area contributed by atoms with Crippen LogP contribution in [0.4, 0.5) is 0 Å². The molecule has 0 saturated carbocycles. The molecule has 0 fully saturated rings. The number of rotatable bonds is 1. The number of hydrogen-bond acceptors (Lipinski definition) is 3. The molecule has 0 aliphatic carbocycles. The second-order valence-electron chi connectivity index (χ2n) is 2.43. The van der Waals surface area contributed by atoms with Crippen molar-refractivity contribution in [1.29, 1.82) is 0 Å². The fraction of sp³-hybridized carbons (Fsp3) is 0.375. The molecule has 0 bridgehead atoms. The molecular formula is C8H9NOS. The summed E-state index contributed by atoms with van der Waals surface area (Å²) < 4.78 is 5.33. The zero-order chi connectivity index (χ0) is 7.68. The minimum atomic E-state index is 0.741. The molecule has 0 radical (unpaired) electrons. The second-order valence-corrected chi connectivity index (χ2v) is 3.55. The summed E-state index contributed by atoms with van der Waals surface area (Å²) in [4.78, 5) is 5.52. The lowest BCUT2D eigenvalue weighted by Crippen LogP contribution is -2.00. The summed E-state index contributed by atoms with van der Waals surface area (Å²) in [5.74, 6) is 0.823. The third-order valence-electron chi connectivity index (χ3n) is 1.67.